The molecule has 2 saturated heterocycles. The number of aromatic nitrogens is 2. The van der Waals surface area contributed by atoms with Gasteiger partial charge in [0.1, 0.15) is 0 Å². The Morgan fingerprint density at radius 1 is 0.893 bits per heavy atom. The summed E-state index contributed by atoms with van der Waals surface area (Å²) in [6.07, 6.45) is 5.46. The summed E-state index contributed by atoms with van der Waals surface area (Å²) in [5.74, 6) is -0.780. The summed E-state index contributed by atoms with van der Waals surface area (Å²) in [5, 5.41) is 0. The third kappa shape index (κ3) is 4.23. The van der Waals surface area contributed by atoms with Crippen LogP contribution in [0.5, 0.6) is 0 Å². The molecule has 2 aliphatic rings. The van der Waals surface area contributed by atoms with Crippen molar-refractivity contribution in [1.29, 1.82) is 0 Å². The van der Waals surface area contributed by atoms with Gasteiger partial charge in [-0.2, -0.15) is 0 Å². The van der Waals surface area contributed by atoms with Crippen LogP contribution >= 0.6 is 0 Å². The van der Waals surface area contributed by atoms with Crippen molar-refractivity contribution >= 4 is 11.8 Å². The number of carbonyl (C=O) groups is 2. The fourth-order valence-corrected chi connectivity index (χ4v) is 3.59. The third-order valence-electron chi connectivity index (χ3n) is 5.29. The van der Waals surface area contributed by atoms with Crippen molar-refractivity contribution in [2.24, 2.45) is 0 Å². The standard InChI is InChI=1S/C20H25N5O3/c26-19(20(27)24-11-13-28-14-12-24)23-9-7-22(8-10-23)15-17-1-3-18(4-2-17)25-6-5-21-16-25/h1-6,16H,7-15H2. The van der Waals surface area contributed by atoms with E-state index in [9.17, 15) is 9.59 Å². The van der Waals surface area contributed by atoms with E-state index in [2.05, 4.69) is 34.1 Å². The summed E-state index contributed by atoms with van der Waals surface area (Å²) in [5.41, 5.74) is 2.31. The Morgan fingerprint density at radius 2 is 1.54 bits per heavy atom. The molecule has 0 unspecified atom stereocenters. The minimum atomic E-state index is -0.396. The molecular formula is C20H25N5O3. The average Bonchev–Trinajstić information content (AvgIpc) is 3.29. The molecule has 0 spiro atoms. The van der Waals surface area contributed by atoms with Gasteiger partial charge in [0.15, 0.2) is 0 Å². The number of rotatable bonds is 3. The number of piperazine rings is 1. The molecule has 8 nitrogen and oxygen atoms in total. The smallest absolute Gasteiger partial charge is 0.312 e. The zero-order valence-corrected chi connectivity index (χ0v) is 15.9. The van der Waals surface area contributed by atoms with Crippen molar-refractivity contribution in [3.05, 3.63) is 48.5 Å². The second-order valence-corrected chi connectivity index (χ2v) is 7.11. The average molecular weight is 383 g/mol. The van der Waals surface area contributed by atoms with E-state index in [1.54, 1.807) is 22.3 Å². The van der Waals surface area contributed by atoms with Gasteiger partial charge < -0.3 is 19.1 Å². The normalized spacial score (nSPS) is 18.3. The number of hydrogen-bond donors (Lipinski definition) is 0. The Hall–Kier alpha value is -2.71. The van der Waals surface area contributed by atoms with Crippen LogP contribution < -0.4 is 0 Å². The highest BCUT2D eigenvalue weighted by Gasteiger charge is 2.30. The number of nitrogens with zero attached hydrogens (tertiary/aromatic N) is 5. The molecule has 28 heavy (non-hydrogen) atoms. The van der Waals surface area contributed by atoms with Gasteiger partial charge in [-0.15, -0.1) is 0 Å². The predicted molar refractivity (Wildman–Crippen MR) is 103 cm³/mol. The van der Waals surface area contributed by atoms with E-state index in [-0.39, 0.29) is 5.91 Å². The van der Waals surface area contributed by atoms with E-state index < -0.39 is 5.91 Å². The van der Waals surface area contributed by atoms with Crippen molar-refractivity contribution in [3.8, 4) is 5.69 Å². The first-order valence-corrected chi connectivity index (χ1v) is 9.66. The van der Waals surface area contributed by atoms with Crippen molar-refractivity contribution in [2.45, 2.75) is 6.54 Å². The van der Waals surface area contributed by atoms with Gasteiger partial charge in [0.25, 0.3) is 0 Å². The maximum atomic E-state index is 12.5. The molecule has 4 rings (SSSR count). The van der Waals surface area contributed by atoms with E-state index in [1.807, 2.05) is 10.8 Å². The summed E-state index contributed by atoms with van der Waals surface area (Å²) in [6, 6.07) is 8.40. The summed E-state index contributed by atoms with van der Waals surface area (Å²) in [6.45, 7) is 5.56. The fraction of sp³-hybridized carbons (Fsp3) is 0.450. The molecule has 0 radical (unpaired) electrons. The largest absolute Gasteiger partial charge is 0.378 e. The molecule has 2 aliphatic heterocycles. The van der Waals surface area contributed by atoms with Gasteiger partial charge >= 0.3 is 11.8 Å². The maximum Gasteiger partial charge on any atom is 0.312 e. The lowest BCUT2D eigenvalue weighted by molar-refractivity contribution is -0.155. The number of hydrogen-bond acceptors (Lipinski definition) is 5. The Bertz CT molecular complexity index is 792. The first-order valence-electron chi connectivity index (χ1n) is 9.66. The highest BCUT2D eigenvalue weighted by atomic mass is 16.5. The number of amides is 2. The van der Waals surface area contributed by atoms with Crippen molar-refractivity contribution in [1.82, 2.24) is 24.3 Å². The minimum Gasteiger partial charge on any atom is -0.378 e. The van der Waals surface area contributed by atoms with E-state index in [0.717, 1.165) is 25.3 Å². The molecule has 2 fully saturated rings. The summed E-state index contributed by atoms with van der Waals surface area (Å²) >= 11 is 0. The van der Waals surface area contributed by atoms with Gasteiger partial charge in [-0.05, 0) is 17.7 Å². The van der Waals surface area contributed by atoms with Crippen LogP contribution in [0.4, 0.5) is 0 Å². The number of carbonyl (C=O) groups excluding carboxylic acids is 2. The van der Waals surface area contributed by atoms with Crippen LogP contribution in [0.2, 0.25) is 0 Å². The highest BCUT2D eigenvalue weighted by molar-refractivity contribution is 6.34. The minimum absolute atomic E-state index is 0.383. The molecule has 0 atom stereocenters. The molecule has 8 heteroatoms. The van der Waals surface area contributed by atoms with Gasteiger partial charge in [-0.3, -0.25) is 14.5 Å². The van der Waals surface area contributed by atoms with E-state index in [1.165, 1.54) is 5.56 Å². The molecule has 0 saturated carbocycles. The lowest BCUT2D eigenvalue weighted by Gasteiger charge is -2.35. The SMILES string of the molecule is O=C(C(=O)N1CCN(Cc2ccc(-n3ccnc3)cc2)CC1)N1CCOCC1. The predicted octanol–water partition coefficient (Wildman–Crippen LogP) is 0.375. The molecule has 1 aromatic carbocycles. The van der Waals surface area contributed by atoms with Crippen molar-refractivity contribution in [2.75, 3.05) is 52.5 Å². The molecule has 0 aliphatic carbocycles. The molecular weight excluding hydrogens is 358 g/mol. The second-order valence-electron chi connectivity index (χ2n) is 7.11. The van der Waals surface area contributed by atoms with Crippen LogP contribution in [0, 0.1) is 0 Å². The van der Waals surface area contributed by atoms with E-state index >= 15 is 0 Å². The lowest BCUT2D eigenvalue weighted by atomic mass is 10.1. The first-order chi connectivity index (χ1) is 13.7. The molecule has 0 bridgehead atoms. The lowest BCUT2D eigenvalue weighted by Crippen LogP contribution is -2.54. The maximum absolute atomic E-state index is 12.5. The van der Waals surface area contributed by atoms with Crippen LogP contribution in [0.3, 0.4) is 0 Å². The second kappa shape index (κ2) is 8.53. The van der Waals surface area contributed by atoms with Crippen molar-refractivity contribution in [3.63, 3.8) is 0 Å². The Kier molecular flexibility index (Phi) is 5.68. The van der Waals surface area contributed by atoms with Crippen LogP contribution in [-0.4, -0.2) is 88.5 Å². The summed E-state index contributed by atoms with van der Waals surface area (Å²) in [4.78, 5) is 34.5. The van der Waals surface area contributed by atoms with Gasteiger partial charge in [-0.25, -0.2) is 4.98 Å². The quantitative estimate of drug-likeness (QED) is 0.717. The third-order valence-corrected chi connectivity index (χ3v) is 5.29. The molecule has 2 amide bonds. The molecule has 3 heterocycles. The fourth-order valence-electron chi connectivity index (χ4n) is 3.59. The van der Waals surface area contributed by atoms with Crippen molar-refractivity contribution < 1.29 is 14.3 Å². The van der Waals surface area contributed by atoms with Crippen LogP contribution in [0.25, 0.3) is 5.69 Å². The number of imidazole rings is 1. The summed E-state index contributed by atoms with van der Waals surface area (Å²) in [7, 11) is 0. The topological polar surface area (TPSA) is 70.9 Å². The van der Waals surface area contributed by atoms with E-state index in [0.29, 0.717) is 39.4 Å². The van der Waals surface area contributed by atoms with Gasteiger partial charge in [0, 0.05) is 63.9 Å². The number of morpholine rings is 1. The monoisotopic (exact) mass is 383 g/mol. The number of benzene rings is 1. The zero-order valence-electron chi connectivity index (χ0n) is 15.9. The Balaban J connectivity index is 1.27. The molecule has 2 aromatic rings. The van der Waals surface area contributed by atoms with Crippen LogP contribution in [0.1, 0.15) is 5.56 Å². The number of ether oxygens (including phenoxy) is 1. The molecule has 148 valence electrons. The Labute approximate surface area is 164 Å². The summed E-state index contributed by atoms with van der Waals surface area (Å²) < 4.78 is 7.22. The van der Waals surface area contributed by atoms with Crippen LogP contribution in [-0.2, 0) is 20.9 Å². The van der Waals surface area contributed by atoms with Gasteiger partial charge in [0.2, 0.25) is 0 Å². The highest BCUT2D eigenvalue weighted by Crippen LogP contribution is 2.13. The molecule has 1 aromatic heterocycles. The van der Waals surface area contributed by atoms with E-state index in [4.69, 9.17) is 4.74 Å². The first kappa shape index (κ1) is 18.6. The van der Waals surface area contributed by atoms with Gasteiger partial charge in [0.05, 0.1) is 19.5 Å². The Morgan fingerprint density at radius 3 is 2.14 bits per heavy atom. The zero-order chi connectivity index (χ0) is 19.3. The molecule has 0 N–H and O–H groups in total. The van der Waals surface area contributed by atoms with Gasteiger partial charge in [-0.1, -0.05) is 12.1 Å². The van der Waals surface area contributed by atoms with Crippen LogP contribution in [0.15, 0.2) is 43.0 Å².